The van der Waals surface area contributed by atoms with Crippen LogP contribution in [0.4, 0.5) is 0 Å². The van der Waals surface area contributed by atoms with Crippen molar-refractivity contribution in [2.75, 3.05) is 13.7 Å². The topological polar surface area (TPSA) is 75.6 Å². The highest BCUT2D eigenvalue weighted by molar-refractivity contribution is 14.1. The van der Waals surface area contributed by atoms with Crippen LogP contribution in [-0.4, -0.2) is 30.6 Å². The Labute approximate surface area is 112 Å². The number of carbonyl (C=O) groups excluding carboxylic acids is 2. The lowest BCUT2D eigenvalue weighted by atomic mass is 10.2. The fraction of sp³-hybridized carbons (Fsp3) is 0.273. The van der Waals surface area contributed by atoms with Gasteiger partial charge in [-0.15, -0.1) is 0 Å². The Hall–Kier alpha value is -1.31. The van der Waals surface area contributed by atoms with E-state index in [1.165, 1.54) is 13.2 Å². The minimum absolute atomic E-state index is 0.0613. The number of esters is 1. The Morgan fingerprint density at radius 1 is 1.47 bits per heavy atom. The summed E-state index contributed by atoms with van der Waals surface area (Å²) in [6.07, 6.45) is 0.124. The third-order valence-electron chi connectivity index (χ3n) is 2.05. The van der Waals surface area contributed by atoms with Crippen LogP contribution in [0, 0.1) is 3.57 Å². The van der Waals surface area contributed by atoms with Gasteiger partial charge in [-0.1, -0.05) is 0 Å². The molecule has 0 spiro atoms. The lowest BCUT2D eigenvalue weighted by molar-refractivity contribution is -0.140. The molecule has 0 aromatic heterocycles. The molecule has 0 aliphatic rings. The van der Waals surface area contributed by atoms with Crippen molar-refractivity contribution in [3.63, 3.8) is 0 Å². The first kappa shape index (κ1) is 13.8. The molecule has 0 heterocycles. The van der Waals surface area contributed by atoms with Gasteiger partial charge < -0.3 is 15.2 Å². The number of halogens is 1. The van der Waals surface area contributed by atoms with Crippen LogP contribution in [0.1, 0.15) is 16.8 Å². The molecule has 1 aromatic carbocycles. The molecule has 0 saturated heterocycles. The van der Waals surface area contributed by atoms with E-state index < -0.39 is 0 Å². The molecule has 0 radical (unpaired) electrons. The lowest BCUT2D eigenvalue weighted by Gasteiger charge is -2.05. The molecule has 2 N–H and O–H groups in total. The molecule has 0 unspecified atom stereocenters. The van der Waals surface area contributed by atoms with Gasteiger partial charge in [0.05, 0.1) is 17.1 Å². The van der Waals surface area contributed by atoms with E-state index in [1.807, 2.05) is 22.6 Å². The third-order valence-corrected chi connectivity index (χ3v) is 2.96. The molecule has 6 heteroatoms. The predicted molar refractivity (Wildman–Crippen MR) is 69.8 cm³/mol. The molecule has 0 fully saturated rings. The van der Waals surface area contributed by atoms with Crippen molar-refractivity contribution in [2.45, 2.75) is 6.42 Å². The minimum atomic E-state index is -0.379. The molecule has 0 atom stereocenters. The maximum Gasteiger partial charge on any atom is 0.307 e. The van der Waals surface area contributed by atoms with Crippen LogP contribution in [0.5, 0.6) is 5.75 Å². The summed E-state index contributed by atoms with van der Waals surface area (Å²) < 4.78 is 5.12. The van der Waals surface area contributed by atoms with Gasteiger partial charge in [0.15, 0.2) is 0 Å². The summed E-state index contributed by atoms with van der Waals surface area (Å²) in [6, 6.07) is 4.63. The summed E-state index contributed by atoms with van der Waals surface area (Å²) in [6.45, 7) is 0.207. The summed E-state index contributed by atoms with van der Waals surface area (Å²) in [5.41, 5.74) is 0.354. The van der Waals surface area contributed by atoms with Crippen molar-refractivity contribution in [1.29, 1.82) is 0 Å². The first-order valence-corrected chi connectivity index (χ1v) is 5.96. The lowest BCUT2D eigenvalue weighted by Crippen LogP contribution is -2.26. The molecule has 0 saturated carbocycles. The normalized spacial score (nSPS) is 9.76. The Morgan fingerprint density at radius 3 is 2.76 bits per heavy atom. The Morgan fingerprint density at radius 2 is 2.18 bits per heavy atom. The quantitative estimate of drug-likeness (QED) is 0.635. The van der Waals surface area contributed by atoms with Gasteiger partial charge in [-0.2, -0.15) is 0 Å². The standard InChI is InChI=1S/C11H12INO4/c1-17-10(15)4-5-13-11(16)7-2-3-8(12)9(14)6-7/h2-3,6,14H,4-5H2,1H3,(H,13,16). The fourth-order valence-corrected chi connectivity index (χ4v) is 1.47. The monoisotopic (exact) mass is 349 g/mol. The minimum Gasteiger partial charge on any atom is -0.507 e. The van der Waals surface area contributed by atoms with Gasteiger partial charge in [0.25, 0.3) is 5.91 Å². The van der Waals surface area contributed by atoms with Gasteiger partial charge in [0.2, 0.25) is 0 Å². The van der Waals surface area contributed by atoms with Gasteiger partial charge >= 0.3 is 5.97 Å². The first-order chi connectivity index (χ1) is 8.04. The maximum atomic E-state index is 11.6. The smallest absolute Gasteiger partial charge is 0.307 e. The van der Waals surface area contributed by atoms with Crippen molar-refractivity contribution in [2.24, 2.45) is 0 Å². The van der Waals surface area contributed by atoms with Crippen molar-refractivity contribution in [1.82, 2.24) is 5.32 Å². The average Bonchev–Trinajstić information content (AvgIpc) is 2.32. The molecule has 5 nitrogen and oxygen atoms in total. The highest BCUT2D eigenvalue weighted by Crippen LogP contribution is 2.20. The molecule has 0 bridgehead atoms. The van der Waals surface area contributed by atoms with Crippen LogP contribution in [0.2, 0.25) is 0 Å². The zero-order valence-corrected chi connectivity index (χ0v) is 11.4. The van der Waals surface area contributed by atoms with E-state index in [1.54, 1.807) is 12.1 Å². The molecule has 92 valence electrons. The zero-order chi connectivity index (χ0) is 12.8. The van der Waals surface area contributed by atoms with E-state index in [9.17, 15) is 14.7 Å². The van der Waals surface area contributed by atoms with Crippen molar-refractivity contribution >= 4 is 34.5 Å². The van der Waals surface area contributed by atoms with Gasteiger partial charge in [-0.25, -0.2) is 0 Å². The molecule has 1 aromatic rings. The molecule has 0 aliphatic carbocycles. The zero-order valence-electron chi connectivity index (χ0n) is 9.20. The second-order valence-corrected chi connectivity index (χ2v) is 4.41. The van der Waals surface area contributed by atoms with E-state index in [4.69, 9.17) is 0 Å². The van der Waals surface area contributed by atoms with E-state index in [-0.39, 0.29) is 30.6 Å². The second-order valence-electron chi connectivity index (χ2n) is 3.25. The highest BCUT2D eigenvalue weighted by Gasteiger charge is 2.08. The van der Waals surface area contributed by atoms with E-state index in [0.717, 1.165) is 0 Å². The third kappa shape index (κ3) is 4.22. The summed E-state index contributed by atoms with van der Waals surface area (Å²) >= 11 is 1.96. The fourth-order valence-electron chi connectivity index (χ4n) is 1.14. The average molecular weight is 349 g/mol. The van der Waals surface area contributed by atoms with Crippen LogP contribution < -0.4 is 5.32 Å². The van der Waals surface area contributed by atoms with Gasteiger partial charge in [0.1, 0.15) is 5.75 Å². The van der Waals surface area contributed by atoms with Crippen LogP contribution in [0.25, 0.3) is 0 Å². The number of carbonyl (C=O) groups is 2. The summed E-state index contributed by atoms with van der Waals surface area (Å²) in [7, 11) is 1.29. The second kappa shape index (κ2) is 6.43. The first-order valence-electron chi connectivity index (χ1n) is 4.88. The molecular weight excluding hydrogens is 337 g/mol. The molecule has 0 aliphatic heterocycles. The Kier molecular flexibility index (Phi) is 5.20. The number of hydrogen-bond acceptors (Lipinski definition) is 4. The van der Waals surface area contributed by atoms with Crippen LogP contribution >= 0.6 is 22.6 Å². The Balaban J connectivity index is 2.52. The number of methoxy groups -OCH3 is 1. The number of phenols is 1. The number of benzene rings is 1. The van der Waals surface area contributed by atoms with E-state index >= 15 is 0 Å². The summed E-state index contributed by atoms with van der Waals surface area (Å²) in [4.78, 5) is 22.4. The maximum absolute atomic E-state index is 11.6. The molecule has 1 rings (SSSR count). The van der Waals surface area contributed by atoms with Crippen LogP contribution in [-0.2, 0) is 9.53 Å². The van der Waals surface area contributed by atoms with Crippen molar-refractivity contribution < 1.29 is 19.4 Å². The van der Waals surface area contributed by atoms with Gasteiger partial charge in [-0.05, 0) is 40.8 Å². The number of hydrogen-bond donors (Lipinski definition) is 2. The van der Waals surface area contributed by atoms with Crippen molar-refractivity contribution in [3.8, 4) is 5.75 Å². The summed E-state index contributed by atoms with van der Waals surface area (Å²) in [5.74, 6) is -0.650. The van der Waals surface area contributed by atoms with E-state index in [2.05, 4.69) is 10.1 Å². The molecule has 17 heavy (non-hydrogen) atoms. The number of amides is 1. The SMILES string of the molecule is COC(=O)CCNC(=O)c1ccc(I)c(O)c1. The molecular formula is C11H12INO4. The number of phenolic OH excluding ortho intramolecular Hbond substituents is 1. The molecule has 1 amide bonds. The largest absolute Gasteiger partial charge is 0.507 e. The predicted octanol–water partition coefficient (Wildman–Crippen LogP) is 1.29. The van der Waals surface area contributed by atoms with Crippen LogP contribution in [0.3, 0.4) is 0 Å². The summed E-state index contributed by atoms with van der Waals surface area (Å²) in [5, 5.41) is 12.0. The number of aromatic hydroxyl groups is 1. The number of ether oxygens (including phenoxy) is 1. The highest BCUT2D eigenvalue weighted by atomic mass is 127. The number of nitrogens with one attached hydrogen (secondary N) is 1. The van der Waals surface area contributed by atoms with Crippen molar-refractivity contribution in [3.05, 3.63) is 27.3 Å². The van der Waals surface area contributed by atoms with Gasteiger partial charge in [0, 0.05) is 12.1 Å². The van der Waals surface area contributed by atoms with E-state index in [0.29, 0.717) is 9.13 Å². The van der Waals surface area contributed by atoms with Gasteiger partial charge in [-0.3, -0.25) is 9.59 Å². The number of rotatable bonds is 4. The Bertz CT molecular complexity index is 433. The van der Waals surface area contributed by atoms with Crippen LogP contribution in [0.15, 0.2) is 18.2 Å².